The number of pyridine rings is 1. The van der Waals surface area contributed by atoms with E-state index < -0.39 is 5.82 Å². The molecular weight excluding hydrogens is 299 g/mol. The van der Waals surface area contributed by atoms with Crippen molar-refractivity contribution < 1.29 is 4.39 Å². The lowest BCUT2D eigenvalue weighted by Crippen LogP contribution is -1.99. The van der Waals surface area contributed by atoms with Crippen molar-refractivity contribution in [2.45, 2.75) is 0 Å². The van der Waals surface area contributed by atoms with Gasteiger partial charge in [0, 0.05) is 5.69 Å². The number of anilines is 3. The Morgan fingerprint density at radius 2 is 1.78 bits per heavy atom. The summed E-state index contributed by atoms with van der Waals surface area (Å²) in [7, 11) is 0. The molecule has 7 heteroatoms. The molecule has 0 unspecified atom stereocenters. The number of aromatic nitrogens is 1. The summed E-state index contributed by atoms with van der Waals surface area (Å²) in [5.74, 6) is -0.0325. The molecule has 2 rings (SSSR count). The fourth-order valence-corrected chi connectivity index (χ4v) is 1.87. The second kappa shape index (κ2) is 5.18. The molecule has 94 valence electrons. The molecule has 1 aromatic carbocycles. The Hall–Kier alpha value is -1.23. The van der Waals surface area contributed by atoms with Gasteiger partial charge in [0.05, 0.1) is 15.1 Å². The summed E-state index contributed by atoms with van der Waals surface area (Å²) < 4.78 is 13.0. The van der Waals surface area contributed by atoms with E-state index in [-0.39, 0.29) is 15.9 Å². The van der Waals surface area contributed by atoms with Gasteiger partial charge in [-0.2, -0.15) is 0 Å². The van der Waals surface area contributed by atoms with E-state index in [0.29, 0.717) is 16.5 Å². The zero-order chi connectivity index (χ0) is 13.3. The lowest BCUT2D eigenvalue weighted by Gasteiger charge is -2.09. The minimum atomic E-state index is -0.503. The van der Waals surface area contributed by atoms with Crippen molar-refractivity contribution >= 4 is 52.1 Å². The first-order valence-corrected chi connectivity index (χ1v) is 5.94. The van der Waals surface area contributed by atoms with E-state index in [9.17, 15) is 4.39 Å². The molecule has 0 aliphatic heterocycles. The maximum Gasteiger partial charge on any atom is 0.151 e. The minimum Gasteiger partial charge on any atom is -0.382 e. The van der Waals surface area contributed by atoms with E-state index in [0.717, 1.165) is 0 Å². The number of hydrogen-bond acceptors (Lipinski definition) is 3. The predicted molar refractivity (Wildman–Crippen MR) is 73.4 cm³/mol. The van der Waals surface area contributed by atoms with E-state index in [1.165, 1.54) is 24.3 Å². The van der Waals surface area contributed by atoms with Crippen molar-refractivity contribution in [1.29, 1.82) is 0 Å². The molecule has 2 aromatic rings. The second-order valence-corrected chi connectivity index (χ2v) is 4.66. The molecule has 1 heterocycles. The van der Waals surface area contributed by atoms with Gasteiger partial charge in [-0.25, -0.2) is 9.37 Å². The van der Waals surface area contributed by atoms with Gasteiger partial charge in [-0.15, -0.1) is 0 Å². The molecule has 0 spiro atoms. The highest BCUT2D eigenvalue weighted by atomic mass is 35.5. The van der Waals surface area contributed by atoms with E-state index >= 15 is 0 Å². The smallest absolute Gasteiger partial charge is 0.151 e. The maximum atomic E-state index is 13.0. The van der Waals surface area contributed by atoms with Crippen LogP contribution in [0.3, 0.4) is 0 Å². The summed E-state index contributed by atoms with van der Waals surface area (Å²) in [6, 6.07) is 5.63. The Morgan fingerprint density at radius 3 is 2.44 bits per heavy atom. The molecule has 0 atom stereocenters. The number of nitrogens with zero attached hydrogens (tertiary/aromatic N) is 1. The van der Waals surface area contributed by atoms with Crippen molar-refractivity contribution in [2.24, 2.45) is 0 Å². The fourth-order valence-electron chi connectivity index (χ4n) is 1.28. The van der Waals surface area contributed by atoms with Crippen molar-refractivity contribution in [2.75, 3.05) is 11.1 Å². The van der Waals surface area contributed by atoms with Gasteiger partial charge < -0.3 is 11.1 Å². The van der Waals surface area contributed by atoms with Gasteiger partial charge >= 0.3 is 0 Å². The first-order chi connectivity index (χ1) is 8.47. The average molecular weight is 307 g/mol. The molecular formula is C11H7Cl3FN3. The lowest BCUT2D eigenvalue weighted by molar-refractivity contribution is 0.628. The van der Waals surface area contributed by atoms with Crippen LogP contribution < -0.4 is 11.1 Å². The quantitative estimate of drug-likeness (QED) is 0.858. The number of nitrogens with one attached hydrogen (secondary N) is 1. The molecule has 0 saturated carbocycles. The maximum absolute atomic E-state index is 13.0. The highest BCUT2D eigenvalue weighted by Gasteiger charge is 2.08. The molecule has 0 aliphatic carbocycles. The van der Waals surface area contributed by atoms with Crippen LogP contribution in [0.1, 0.15) is 0 Å². The standard InChI is InChI=1S/C11H7Cl3FN3/c12-6-3-5(1-2-9(6)15)17-11-8(14)4-7(13)10(16)18-11/h1-4H,(H3,16,17,18). The normalized spacial score (nSPS) is 10.4. The highest BCUT2D eigenvalue weighted by molar-refractivity contribution is 6.37. The van der Waals surface area contributed by atoms with Crippen LogP contribution in [0.25, 0.3) is 0 Å². The van der Waals surface area contributed by atoms with Crippen molar-refractivity contribution in [3.8, 4) is 0 Å². The Kier molecular flexibility index (Phi) is 3.80. The summed E-state index contributed by atoms with van der Waals surface area (Å²) in [5.41, 5.74) is 6.11. The Balaban J connectivity index is 2.34. The summed E-state index contributed by atoms with van der Waals surface area (Å²) in [6.07, 6.45) is 0. The number of halogens is 4. The summed E-state index contributed by atoms with van der Waals surface area (Å²) in [5, 5.41) is 3.44. The molecule has 1 aromatic heterocycles. The van der Waals surface area contributed by atoms with Crippen LogP contribution in [0.5, 0.6) is 0 Å². The van der Waals surface area contributed by atoms with Crippen LogP contribution in [-0.2, 0) is 0 Å². The Bertz CT molecular complexity index is 604. The van der Waals surface area contributed by atoms with Crippen molar-refractivity contribution in [3.63, 3.8) is 0 Å². The van der Waals surface area contributed by atoms with E-state index in [1.807, 2.05) is 0 Å². The summed E-state index contributed by atoms with van der Waals surface area (Å²) >= 11 is 17.4. The predicted octanol–water partition coefficient (Wildman–Crippen LogP) is 4.51. The largest absolute Gasteiger partial charge is 0.382 e. The van der Waals surface area contributed by atoms with Crippen molar-refractivity contribution in [1.82, 2.24) is 4.98 Å². The lowest BCUT2D eigenvalue weighted by atomic mass is 10.3. The van der Waals surface area contributed by atoms with Gasteiger partial charge in [-0.1, -0.05) is 34.8 Å². The highest BCUT2D eigenvalue weighted by Crippen LogP contribution is 2.30. The van der Waals surface area contributed by atoms with Crippen LogP contribution in [0.4, 0.5) is 21.7 Å². The monoisotopic (exact) mass is 305 g/mol. The molecule has 18 heavy (non-hydrogen) atoms. The molecule has 0 saturated heterocycles. The fraction of sp³-hybridized carbons (Fsp3) is 0. The molecule has 0 bridgehead atoms. The average Bonchev–Trinajstić information content (AvgIpc) is 2.31. The summed E-state index contributed by atoms with van der Waals surface area (Å²) in [4.78, 5) is 3.99. The number of rotatable bonds is 2. The minimum absolute atomic E-state index is 0.00180. The van der Waals surface area contributed by atoms with Gasteiger partial charge in [0.1, 0.15) is 11.6 Å². The third kappa shape index (κ3) is 2.77. The number of nitrogens with two attached hydrogens (primary N) is 1. The second-order valence-electron chi connectivity index (χ2n) is 3.44. The molecule has 0 fully saturated rings. The number of nitrogen functional groups attached to an aromatic ring is 1. The van der Waals surface area contributed by atoms with Gasteiger partial charge in [0.15, 0.2) is 5.82 Å². The SMILES string of the molecule is Nc1nc(Nc2ccc(F)c(Cl)c2)c(Cl)cc1Cl. The Morgan fingerprint density at radius 1 is 1.06 bits per heavy atom. The third-order valence-electron chi connectivity index (χ3n) is 2.14. The molecule has 3 nitrogen and oxygen atoms in total. The van der Waals surface area contributed by atoms with E-state index in [1.54, 1.807) is 0 Å². The first kappa shape index (κ1) is 13.2. The van der Waals surface area contributed by atoms with E-state index in [2.05, 4.69) is 10.3 Å². The molecule has 0 amide bonds. The molecule has 0 radical (unpaired) electrons. The van der Waals surface area contributed by atoms with Crippen LogP contribution in [0, 0.1) is 5.82 Å². The number of benzene rings is 1. The Labute approximate surface area is 118 Å². The zero-order valence-electron chi connectivity index (χ0n) is 8.85. The van der Waals surface area contributed by atoms with Crippen LogP contribution >= 0.6 is 34.8 Å². The number of hydrogen-bond donors (Lipinski definition) is 2. The molecule has 0 aliphatic rings. The third-order valence-corrected chi connectivity index (χ3v) is 3.02. The van der Waals surface area contributed by atoms with Crippen molar-refractivity contribution in [3.05, 3.63) is 45.2 Å². The van der Waals surface area contributed by atoms with Gasteiger partial charge in [-0.3, -0.25) is 0 Å². The van der Waals surface area contributed by atoms with Gasteiger partial charge in [0.2, 0.25) is 0 Å². The molecule has 3 N–H and O–H groups in total. The zero-order valence-corrected chi connectivity index (χ0v) is 11.1. The van der Waals surface area contributed by atoms with Gasteiger partial charge in [-0.05, 0) is 24.3 Å². The van der Waals surface area contributed by atoms with Crippen LogP contribution in [-0.4, -0.2) is 4.98 Å². The van der Waals surface area contributed by atoms with Crippen LogP contribution in [0.2, 0.25) is 15.1 Å². The van der Waals surface area contributed by atoms with Gasteiger partial charge in [0.25, 0.3) is 0 Å². The summed E-state index contributed by atoms with van der Waals surface area (Å²) in [6.45, 7) is 0. The van der Waals surface area contributed by atoms with E-state index in [4.69, 9.17) is 40.5 Å². The first-order valence-electron chi connectivity index (χ1n) is 4.81. The van der Waals surface area contributed by atoms with Crippen LogP contribution in [0.15, 0.2) is 24.3 Å². The topological polar surface area (TPSA) is 50.9 Å².